The summed E-state index contributed by atoms with van der Waals surface area (Å²) in [6, 6.07) is 14.9. The number of hydrogen-bond acceptors (Lipinski definition) is 6. The minimum Gasteiger partial charge on any atom is -0.494 e. The van der Waals surface area contributed by atoms with E-state index in [0.29, 0.717) is 5.69 Å². The van der Waals surface area contributed by atoms with Gasteiger partial charge in [-0.05, 0) is 18.6 Å². The first kappa shape index (κ1) is 19.5. The lowest BCUT2D eigenvalue weighted by atomic mass is 10.1. The summed E-state index contributed by atoms with van der Waals surface area (Å²) in [5, 5.41) is 25.6. The molecule has 2 aromatic carbocycles. The Morgan fingerprint density at radius 2 is 2.00 bits per heavy atom. The van der Waals surface area contributed by atoms with Crippen molar-refractivity contribution in [2.24, 2.45) is 0 Å². The number of nitriles is 1. The van der Waals surface area contributed by atoms with Crippen LogP contribution in [0.5, 0.6) is 5.75 Å². The maximum Gasteiger partial charge on any atom is 0.273 e. The van der Waals surface area contributed by atoms with Crippen LogP contribution in [0.25, 0.3) is 0 Å². The third kappa shape index (κ3) is 5.06. The summed E-state index contributed by atoms with van der Waals surface area (Å²) in [7, 11) is 1.37. The minimum atomic E-state index is -0.540. The van der Waals surface area contributed by atoms with Gasteiger partial charge in [0, 0.05) is 12.3 Å². The van der Waals surface area contributed by atoms with E-state index in [4.69, 9.17) is 4.74 Å². The van der Waals surface area contributed by atoms with E-state index in [1.807, 2.05) is 43.3 Å². The number of nitro benzene ring substituents is 1. The zero-order valence-corrected chi connectivity index (χ0v) is 14.8. The molecule has 0 bridgehead atoms. The molecule has 0 aliphatic heterocycles. The lowest BCUT2D eigenvalue weighted by Crippen LogP contribution is -2.28. The lowest BCUT2D eigenvalue weighted by molar-refractivity contribution is -0.384. The molecule has 0 aliphatic rings. The fraction of sp³-hybridized carbons (Fsp3) is 0.158. The molecule has 2 aromatic rings. The van der Waals surface area contributed by atoms with Crippen LogP contribution >= 0.6 is 0 Å². The van der Waals surface area contributed by atoms with Crippen molar-refractivity contribution < 1.29 is 14.5 Å². The number of nitrogens with one attached hydrogen (secondary N) is 2. The third-order valence-corrected chi connectivity index (χ3v) is 3.78. The van der Waals surface area contributed by atoms with Crippen LogP contribution in [0.2, 0.25) is 0 Å². The Morgan fingerprint density at radius 3 is 2.59 bits per heavy atom. The van der Waals surface area contributed by atoms with Gasteiger partial charge in [-0.25, -0.2) is 0 Å². The van der Waals surface area contributed by atoms with Crippen LogP contribution in [0.4, 0.5) is 11.4 Å². The van der Waals surface area contributed by atoms with Crippen LogP contribution in [0.15, 0.2) is 60.3 Å². The molecule has 1 unspecified atom stereocenters. The van der Waals surface area contributed by atoms with Crippen LogP contribution in [-0.4, -0.2) is 17.9 Å². The van der Waals surface area contributed by atoms with Gasteiger partial charge < -0.3 is 15.4 Å². The highest BCUT2D eigenvalue weighted by molar-refractivity contribution is 5.97. The van der Waals surface area contributed by atoms with E-state index in [1.165, 1.54) is 31.5 Å². The Balaban J connectivity index is 2.13. The van der Waals surface area contributed by atoms with Gasteiger partial charge in [-0.3, -0.25) is 14.9 Å². The van der Waals surface area contributed by atoms with Crippen molar-refractivity contribution in [2.45, 2.75) is 13.0 Å². The summed E-state index contributed by atoms with van der Waals surface area (Å²) in [4.78, 5) is 22.6. The predicted octanol–water partition coefficient (Wildman–Crippen LogP) is 3.30. The molecule has 0 saturated carbocycles. The number of methoxy groups -OCH3 is 1. The number of carbonyl (C=O) groups excluding carboxylic acids is 1. The Bertz CT molecular complexity index is 904. The molecule has 0 spiro atoms. The highest BCUT2D eigenvalue weighted by Gasteiger charge is 2.15. The number of anilines is 1. The Morgan fingerprint density at radius 1 is 1.30 bits per heavy atom. The van der Waals surface area contributed by atoms with Crippen molar-refractivity contribution in [3.63, 3.8) is 0 Å². The standard InChI is InChI=1S/C19H18N4O4/c1-13(14-6-4-3-5-7-14)22-19(24)15(11-20)12-21-17-9-8-16(23(25)26)10-18(17)27-2/h3-10,12-13,21H,1-2H3,(H,22,24)/b15-12-. The average Bonchev–Trinajstić information content (AvgIpc) is 2.68. The number of nitrogens with zero attached hydrogens (tertiary/aromatic N) is 2. The highest BCUT2D eigenvalue weighted by atomic mass is 16.6. The minimum absolute atomic E-state index is 0.128. The van der Waals surface area contributed by atoms with Crippen LogP contribution < -0.4 is 15.4 Å². The molecule has 0 heterocycles. The molecule has 1 atom stereocenters. The molecule has 8 nitrogen and oxygen atoms in total. The van der Waals surface area contributed by atoms with E-state index in [0.717, 1.165) is 5.56 Å². The summed E-state index contributed by atoms with van der Waals surface area (Å²) in [6.07, 6.45) is 1.23. The molecule has 0 fully saturated rings. The van der Waals surface area contributed by atoms with Crippen LogP contribution in [0, 0.1) is 21.4 Å². The number of hydrogen-bond donors (Lipinski definition) is 2. The molecule has 2 N–H and O–H groups in total. The fourth-order valence-corrected chi connectivity index (χ4v) is 2.31. The van der Waals surface area contributed by atoms with E-state index in [-0.39, 0.29) is 23.1 Å². The van der Waals surface area contributed by atoms with Crippen molar-refractivity contribution in [1.82, 2.24) is 5.32 Å². The molecule has 0 aromatic heterocycles. The molecule has 27 heavy (non-hydrogen) atoms. The van der Waals surface area contributed by atoms with Gasteiger partial charge >= 0.3 is 0 Å². The largest absolute Gasteiger partial charge is 0.494 e. The topological polar surface area (TPSA) is 117 Å². The number of amides is 1. The van der Waals surface area contributed by atoms with E-state index in [2.05, 4.69) is 10.6 Å². The van der Waals surface area contributed by atoms with Crippen LogP contribution in [0.3, 0.4) is 0 Å². The maximum atomic E-state index is 12.3. The van der Waals surface area contributed by atoms with Gasteiger partial charge in [0.05, 0.1) is 29.8 Å². The second-order valence-electron chi connectivity index (χ2n) is 5.56. The van der Waals surface area contributed by atoms with Crippen LogP contribution in [0.1, 0.15) is 18.5 Å². The van der Waals surface area contributed by atoms with Crippen molar-refractivity contribution in [1.29, 1.82) is 5.26 Å². The second-order valence-corrected chi connectivity index (χ2v) is 5.56. The summed E-state index contributed by atoms with van der Waals surface area (Å²) >= 11 is 0. The van der Waals surface area contributed by atoms with Gasteiger partial charge in [-0.15, -0.1) is 0 Å². The van der Waals surface area contributed by atoms with Crippen molar-refractivity contribution in [3.05, 3.63) is 76.0 Å². The quantitative estimate of drug-likeness (QED) is 0.336. The molecule has 138 valence electrons. The molecule has 0 radical (unpaired) electrons. The van der Waals surface area contributed by atoms with Gasteiger partial charge in [0.25, 0.3) is 11.6 Å². The number of carbonyl (C=O) groups is 1. The number of ether oxygens (including phenoxy) is 1. The molecule has 0 saturated heterocycles. The predicted molar refractivity (Wildman–Crippen MR) is 100.0 cm³/mol. The Hall–Kier alpha value is -3.86. The SMILES string of the molecule is COc1cc([N+](=O)[O-])ccc1N/C=C(/C#N)C(=O)NC(C)c1ccccc1. The number of non-ortho nitro benzene ring substituents is 1. The van der Waals surface area contributed by atoms with Crippen molar-refractivity contribution in [3.8, 4) is 11.8 Å². The summed E-state index contributed by atoms with van der Waals surface area (Å²) < 4.78 is 5.11. The first-order valence-corrected chi connectivity index (χ1v) is 8.01. The summed E-state index contributed by atoms with van der Waals surface area (Å²) in [6.45, 7) is 1.81. The number of nitro groups is 1. The molecular formula is C19H18N4O4. The fourth-order valence-electron chi connectivity index (χ4n) is 2.31. The van der Waals surface area contributed by atoms with Gasteiger partial charge in [0.1, 0.15) is 17.4 Å². The molecule has 2 rings (SSSR count). The van der Waals surface area contributed by atoms with E-state index >= 15 is 0 Å². The average molecular weight is 366 g/mol. The molecule has 8 heteroatoms. The number of benzene rings is 2. The molecule has 0 aliphatic carbocycles. The lowest BCUT2D eigenvalue weighted by Gasteiger charge is -2.14. The normalized spacial score (nSPS) is 11.8. The highest BCUT2D eigenvalue weighted by Crippen LogP contribution is 2.29. The monoisotopic (exact) mass is 366 g/mol. The Kier molecular flexibility index (Phi) is 6.49. The smallest absolute Gasteiger partial charge is 0.273 e. The van der Waals surface area contributed by atoms with Crippen LogP contribution in [-0.2, 0) is 4.79 Å². The molecular weight excluding hydrogens is 348 g/mol. The second kappa shape index (κ2) is 9.01. The Labute approximate surface area is 156 Å². The zero-order valence-electron chi connectivity index (χ0n) is 14.8. The van der Waals surface area contributed by atoms with E-state index < -0.39 is 10.8 Å². The maximum absolute atomic E-state index is 12.3. The first-order valence-electron chi connectivity index (χ1n) is 8.01. The van der Waals surface area contributed by atoms with Gasteiger partial charge in [-0.1, -0.05) is 30.3 Å². The van der Waals surface area contributed by atoms with E-state index in [9.17, 15) is 20.2 Å². The summed E-state index contributed by atoms with van der Waals surface area (Å²) in [5.74, 6) is -0.321. The van der Waals surface area contributed by atoms with Crippen molar-refractivity contribution >= 4 is 17.3 Å². The first-order chi connectivity index (χ1) is 13.0. The zero-order chi connectivity index (χ0) is 19.8. The summed E-state index contributed by atoms with van der Waals surface area (Å²) in [5.41, 5.74) is 1.03. The van der Waals surface area contributed by atoms with Gasteiger partial charge in [0.2, 0.25) is 0 Å². The van der Waals surface area contributed by atoms with Gasteiger partial charge in [-0.2, -0.15) is 5.26 Å². The van der Waals surface area contributed by atoms with E-state index in [1.54, 1.807) is 0 Å². The number of rotatable bonds is 7. The molecule has 1 amide bonds. The third-order valence-electron chi connectivity index (χ3n) is 3.78. The van der Waals surface area contributed by atoms with Gasteiger partial charge in [0.15, 0.2) is 0 Å². The van der Waals surface area contributed by atoms with Crippen molar-refractivity contribution in [2.75, 3.05) is 12.4 Å².